The molecule has 0 radical (unpaired) electrons. The van der Waals surface area contributed by atoms with Crippen LogP contribution < -0.4 is 5.73 Å². The zero-order valence-corrected chi connectivity index (χ0v) is 15.3. The molecule has 2 atom stereocenters. The summed E-state index contributed by atoms with van der Waals surface area (Å²) in [6.45, 7) is 8.14. The van der Waals surface area contributed by atoms with E-state index in [0.29, 0.717) is 17.7 Å². The Morgan fingerprint density at radius 1 is 1.20 bits per heavy atom. The van der Waals surface area contributed by atoms with Crippen LogP contribution in [0.1, 0.15) is 61.6 Å². The van der Waals surface area contributed by atoms with Crippen LogP contribution in [0.15, 0.2) is 6.07 Å². The van der Waals surface area contributed by atoms with Crippen molar-refractivity contribution in [2.75, 3.05) is 31.9 Å². The van der Waals surface area contributed by atoms with Gasteiger partial charge >= 0.3 is 0 Å². The number of hydrogen-bond acceptors (Lipinski definition) is 5. The highest BCUT2D eigenvalue weighted by molar-refractivity contribution is 5.92. The number of carbonyl (C=O) groups excluding carboxylic acids is 1. The topological polar surface area (TPSA) is 75.4 Å². The second-order valence-electron chi connectivity index (χ2n) is 8.40. The van der Waals surface area contributed by atoms with Gasteiger partial charge in [-0.1, -0.05) is 13.8 Å². The summed E-state index contributed by atoms with van der Waals surface area (Å²) >= 11 is 0. The van der Waals surface area contributed by atoms with Crippen LogP contribution in [0, 0.1) is 11.8 Å². The average Bonchev–Trinajstić information content (AvgIpc) is 3.41. The maximum atomic E-state index is 13.1. The number of carbonyl (C=O) groups is 1. The Labute approximate surface area is 149 Å². The number of anilines is 1. The number of nitrogen functional groups attached to an aromatic ring is 1. The predicted molar refractivity (Wildman–Crippen MR) is 97.2 cm³/mol. The Morgan fingerprint density at radius 3 is 2.72 bits per heavy atom. The molecule has 4 fully saturated rings. The number of hydrogen-bond donors (Lipinski definition) is 1. The lowest BCUT2D eigenvalue weighted by molar-refractivity contribution is 0.0730. The molecular formula is C19H29N5O. The molecular weight excluding hydrogens is 314 g/mol. The molecule has 0 unspecified atom stereocenters. The van der Waals surface area contributed by atoms with Crippen molar-refractivity contribution in [3.8, 4) is 0 Å². The first kappa shape index (κ1) is 16.8. The standard InChI is InChI=1S/C19H29N5O/c1-12(2)16-7-17(22-19(20)21-16)18(25)24-10-14-5-6-15(11-24)23(9-14)8-13-3-4-13/h7,12-15H,3-6,8-11H2,1-2H3,(H2,20,21,22)/t14-,15-/m0/s1. The van der Waals surface area contributed by atoms with E-state index in [1.165, 1.54) is 32.2 Å². The van der Waals surface area contributed by atoms with E-state index in [4.69, 9.17) is 5.73 Å². The average molecular weight is 343 g/mol. The molecule has 1 saturated carbocycles. The van der Waals surface area contributed by atoms with E-state index in [1.807, 2.05) is 11.0 Å². The number of rotatable bonds is 4. The second kappa shape index (κ2) is 6.56. The molecule has 4 aliphatic rings. The molecule has 2 bridgehead atoms. The molecule has 2 N–H and O–H groups in total. The monoisotopic (exact) mass is 343 g/mol. The van der Waals surface area contributed by atoms with Gasteiger partial charge in [0.15, 0.2) is 0 Å². The van der Waals surface area contributed by atoms with Gasteiger partial charge in [-0.2, -0.15) is 0 Å². The molecule has 5 rings (SSSR count). The van der Waals surface area contributed by atoms with Crippen molar-refractivity contribution in [3.05, 3.63) is 17.5 Å². The summed E-state index contributed by atoms with van der Waals surface area (Å²) in [6.07, 6.45) is 5.21. The third kappa shape index (κ3) is 3.64. The molecule has 1 aromatic heterocycles. The van der Waals surface area contributed by atoms with Gasteiger partial charge < -0.3 is 10.6 Å². The van der Waals surface area contributed by atoms with Crippen LogP contribution in [-0.4, -0.2) is 57.9 Å². The molecule has 25 heavy (non-hydrogen) atoms. The van der Waals surface area contributed by atoms with Crippen LogP contribution in [0.3, 0.4) is 0 Å². The minimum Gasteiger partial charge on any atom is -0.368 e. The lowest BCUT2D eigenvalue weighted by Gasteiger charge is -2.36. The molecule has 0 aromatic carbocycles. The van der Waals surface area contributed by atoms with Crippen molar-refractivity contribution in [1.82, 2.24) is 19.8 Å². The highest BCUT2D eigenvalue weighted by Crippen LogP contribution is 2.35. The molecule has 6 nitrogen and oxygen atoms in total. The Balaban J connectivity index is 1.52. The molecule has 136 valence electrons. The quantitative estimate of drug-likeness (QED) is 0.906. The van der Waals surface area contributed by atoms with Crippen molar-refractivity contribution >= 4 is 11.9 Å². The Morgan fingerprint density at radius 2 is 2.00 bits per heavy atom. The lowest BCUT2D eigenvalue weighted by Crippen LogP contribution is -2.45. The first-order valence-electron chi connectivity index (χ1n) is 9.67. The van der Waals surface area contributed by atoms with Crippen molar-refractivity contribution < 1.29 is 4.79 Å². The first-order valence-corrected chi connectivity index (χ1v) is 9.67. The van der Waals surface area contributed by atoms with E-state index in [9.17, 15) is 4.79 Å². The number of nitrogens with zero attached hydrogens (tertiary/aromatic N) is 4. The van der Waals surface area contributed by atoms with Gasteiger partial charge in [-0.3, -0.25) is 9.69 Å². The third-order valence-electron chi connectivity index (χ3n) is 5.88. The number of fused-ring (bicyclic) bond motifs is 4. The SMILES string of the molecule is CC(C)c1cc(C(=O)N2C[C@H]3CC[C@@H](C2)N(CC2CC2)C3)nc(N)n1. The number of amides is 1. The summed E-state index contributed by atoms with van der Waals surface area (Å²) in [6, 6.07) is 2.32. The first-order chi connectivity index (χ1) is 12.0. The van der Waals surface area contributed by atoms with Crippen LogP contribution in [0.2, 0.25) is 0 Å². The van der Waals surface area contributed by atoms with Gasteiger partial charge in [-0.05, 0) is 49.5 Å². The highest BCUT2D eigenvalue weighted by Gasteiger charge is 2.39. The molecule has 4 heterocycles. The zero-order valence-electron chi connectivity index (χ0n) is 15.3. The minimum absolute atomic E-state index is 0.0150. The largest absolute Gasteiger partial charge is 0.368 e. The summed E-state index contributed by atoms with van der Waals surface area (Å²) in [7, 11) is 0. The molecule has 1 amide bonds. The molecule has 1 aromatic rings. The molecule has 0 spiro atoms. The molecule has 6 heteroatoms. The number of aromatic nitrogens is 2. The van der Waals surface area contributed by atoms with Gasteiger partial charge in [-0.15, -0.1) is 0 Å². The Bertz CT molecular complexity index is 657. The molecule has 3 saturated heterocycles. The van der Waals surface area contributed by atoms with Gasteiger partial charge in [-0.25, -0.2) is 9.97 Å². The summed E-state index contributed by atoms with van der Waals surface area (Å²) < 4.78 is 0. The summed E-state index contributed by atoms with van der Waals surface area (Å²) in [5.74, 6) is 1.93. The van der Waals surface area contributed by atoms with Crippen molar-refractivity contribution in [1.29, 1.82) is 0 Å². The van der Waals surface area contributed by atoms with Gasteiger partial charge in [0.25, 0.3) is 5.91 Å². The fraction of sp³-hybridized carbons (Fsp3) is 0.737. The maximum Gasteiger partial charge on any atom is 0.272 e. The van der Waals surface area contributed by atoms with Gasteiger partial charge in [0.05, 0.1) is 0 Å². The lowest BCUT2D eigenvalue weighted by atomic mass is 9.95. The fourth-order valence-corrected chi connectivity index (χ4v) is 4.25. The molecule has 3 aliphatic heterocycles. The van der Waals surface area contributed by atoms with E-state index in [2.05, 4.69) is 28.7 Å². The summed E-state index contributed by atoms with van der Waals surface area (Å²) in [5, 5.41) is 0. The number of nitrogens with two attached hydrogens (primary N) is 1. The van der Waals surface area contributed by atoms with Crippen molar-refractivity contribution in [2.24, 2.45) is 11.8 Å². The van der Waals surface area contributed by atoms with Gasteiger partial charge in [0, 0.05) is 37.9 Å². The Hall–Kier alpha value is -1.69. The third-order valence-corrected chi connectivity index (χ3v) is 5.88. The van der Waals surface area contributed by atoms with Crippen LogP contribution in [0.5, 0.6) is 0 Å². The van der Waals surface area contributed by atoms with Crippen LogP contribution >= 0.6 is 0 Å². The van der Waals surface area contributed by atoms with Crippen LogP contribution in [-0.2, 0) is 0 Å². The van der Waals surface area contributed by atoms with Crippen molar-refractivity contribution in [3.63, 3.8) is 0 Å². The summed E-state index contributed by atoms with van der Waals surface area (Å²) in [5.41, 5.74) is 7.13. The van der Waals surface area contributed by atoms with E-state index in [0.717, 1.165) is 31.2 Å². The predicted octanol–water partition coefficient (Wildman–Crippen LogP) is 2.13. The normalized spacial score (nSPS) is 26.9. The number of piperidine rings is 1. The maximum absolute atomic E-state index is 13.1. The van der Waals surface area contributed by atoms with E-state index in [1.54, 1.807) is 0 Å². The smallest absolute Gasteiger partial charge is 0.272 e. The van der Waals surface area contributed by atoms with Crippen molar-refractivity contribution in [2.45, 2.75) is 51.5 Å². The second-order valence-corrected chi connectivity index (χ2v) is 8.40. The fourth-order valence-electron chi connectivity index (χ4n) is 4.25. The van der Waals surface area contributed by atoms with Crippen LogP contribution in [0.4, 0.5) is 5.95 Å². The molecule has 1 aliphatic carbocycles. The summed E-state index contributed by atoms with van der Waals surface area (Å²) in [4.78, 5) is 26.3. The van der Waals surface area contributed by atoms with Crippen LogP contribution in [0.25, 0.3) is 0 Å². The van der Waals surface area contributed by atoms with Gasteiger partial charge in [0.1, 0.15) is 5.69 Å². The van der Waals surface area contributed by atoms with E-state index < -0.39 is 0 Å². The minimum atomic E-state index is 0.0150. The Kier molecular flexibility index (Phi) is 4.40. The van der Waals surface area contributed by atoms with E-state index in [-0.39, 0.29) is 17.8 Å². The van der Waals surface area contributed by atoms with Gasteiger partial charge in [0.2, 0.25) is 5.95 Å². The highest BCUT2D eigenvalue weighted by atomic mass is 16.2. The zero-order chi connectivity index (χ0) is 17.6. The van der Waals surface area contributed by atoms with E-state index >= 15 is 0 Å².